The maximum absolute atomic E-state index is 5.93. The molecule has 2 heterocycles. The summed E-state index contributed by atoms with van der Waals surface area (Å²) >= 11 is 0. The van der Waals surface area contributed by atoms with Crippen LogP contribution in [0.15, 0.2) is 48.7 Å². The van der Waals surface area contributed by atoms with E-state index < -0.39 is 0 Å². The highest BCUT2D eigenvalue weighted by molar-refractivity contribution is 5.38. The second-order valence-corrected chi connectivity index (χ2v) is 5.96. The lowest BCUT2D eigenvalue weighted by atomic mass is 9.90. The van der Waals surface area contributed by atoms with Crippen molar-refractivity contribution in [3.05, 3.63) is 59.8 Å². The molecule has 3 rings (SSSR count). The lowest BCUT2D eigenvalue weighted by Crippen LogP contribution is -2.34. The molecule has 0 spiro atoms. The first-order valence-corrected chi connectivity index (χ1v) is 7.77. The van der Waals surface area contributed by atoms with Crippen molar-refractivity contribution in [2.45, 2.75) is 25.8 Å². The van der Waals surface area contributed by atoms with Gasteiger partial charge in [0, 0.05) is 18.3 Å². The highest BCUT2D eigenvalue weighted by Gasteiger charge is 2.20. The topological polar surface area (TPSA) is 42.1 Å². The van der Waals surface area contributed by atoms with Crippen LogP contribution in [0.3, 0.4) is 0 Å². The van der Waals surface area contributed by atoms with Gasteiger partial charge in [-0.2, -0.15) is 0 Å². The van der Waals surface area contributed by atoms with E-state index in [9.17, 15) is 0 Å². The van der Waals surface area contributed by atoms with Crippen LogP contribution in [0.1, 0.15) is 24.0 Å². The second-order valence-electron chi connectivity index (χ2n) is 5.96. The number of nitrogens with two attached hydrogens (primary N) is 1. The first-order valence-electron chi connectivity index (χ1n) is 7.77. The molecule has 1 aromatic carbocycles. The number of hydrogen-bond acceptors (Lipinski definition) is 3. The molecule has 21 heavy (non-hydrogen) atoms. The predicted molar refractivity (Wildman–Crippen MR) is 86.8 cm³/mol. The molecule has 0 aliphatic carbocycles. The van der Waals surface area contributed by atoms with Gasteiger partial charge in [0.15, 0.2) is 0 Å². The van der Waals surface area contributed by atoms with E-state index in [0.717, 1.165) is 31.1 Å². The molecule has 1 aliphatic rings. The zero-order valence-electron chi connectivity index (χ0n) is 12.4. The molecule has 0 bridgehead atoms. The van der Waals surface area contributed by atoms with Crippen LogP contribution in [-0.4, -0.2) is 23.0 Å². The van der Waals surface area contributed by atoms with Gasteiger partial charge in [0.05, 0.1) is 0 Å². The minimum atomic E-state index is 0.670. The van der Waals surface area contributed by atoms with Gasteiger partial charge in [0.1, 0.15) is 5.82 Å². The van der Waals surface area contributed by atoms with E-state index in [-0.39, 0.29) is 0 Å². The Labute approximate surface area is 126 Å². The standard InChI is InChI=1S/C18H23N3/c19-18-17(7-4-10-20-18)14-21-11-8-16(9-12-21)13-15-5-2-1-3-6-15/h1-7,10,16H,8-9,11-14H2,(H2,19,20). The summed E-state index contributed by atoms with van der Waals surface area (Å²) in [6.45, 7) is 3.25. The third-order valence-corrected chi connectivity index (χ3v) is 4.39. The van der Waals surface area contributed by atoms with Gasteiger partial charge in [0.2, 0.25) is 0 Å². The molecule has 1 fully saturated rings. The second kappa shape index (κ2) is 6.72. The van der Waals surface area contributed by atoms with E-state index in [4.69, 9.17) is 5.73 Å². The summed E-state index contributed by atoms with van der Waals surface area (Å²) in [4.78, 5) is 6.66. The molecule has 0 atom stereocenters. The van der Waals surface area contributed by atoms with Crippen LogP contribution in [0.25, 0.3) is 0 Å². The number of hydrogen-bond donors (Lipinski definition) is 1. The number of likely N-dealkylation sites (tertiary alicyclic amines) is 1. The summed E-state index contributed by atoms with van der Waals surface area (Å²) in [6, 6.07) is 14.9. The van der Waals surface area contributed by atoms with Crippen LogP contribution < -0.4 is 5.73 Å². The Balaban J connectivity index is 1.50. The number of pyridine rings is 1. The lowest BCUT2D eigenvalue weighted by molar-refractivity contribution is 0.177. The largest absolute Gasteiger partial charge is 0.383 e. The average molecular weight is 281 g/mol. The normalized spacial score (nSPS) is 17.0. The molecule has 0 unspecified atom stereocenters. The van der Waals surface area contributed by atoms with Gasteiger partial charge >= 0.3 is 0 Å². The minimum Gasteiger partial charge on any atom is -0.383 e. The molecule has 3 heteroatoms. The van der Waals surface area contributed by atoms with Gasteiger partial charge in [-0.15, -0.1) is 0 Å². The smallest absolute Gasteiger partial charge is 0.127 e. The van der Waals surface area contributed by atoms with Gasteiger partial charge < -0.3 is 5.73 Å². The molecular weight excluding hydrogens is 258 g/mol. The van der Waals surface area contributed by atoms with E-state index in [1.165, 1.54) is 24.8 Å². The third kappa shape index (κ3) is 3.82. The number of piperidine rings is 1. The molecular formula is C18H23N3. The van der Waals surface area contributed by atoms with Crippen LogP contribution in [0.2, 0.25) is 0 Å². The number of anilines is 1. The van der Waals surface area contributed by atoms with Crippen LogP contribution in [0.5, 0.6) is 0 Å². The van der Waals surface area contributed by atoms with Crippen molar-refractivity contribution in [3.8, 4) is 0 Å². The Hall–Kier alpha value is -1.87. The molecule has 1 saturated heterocycles. The van der Waals surface area contributed by atoms with Crippen LogP contribution in [-0.2, 0) is 13.0 Å². The van der Waals surface area contributed by atoms with Gasteiger partial charge in [-0.1, -0.05) is 36.4 Å². The molecule has 2 aromatic rings. The van der Waals surface area contributed by atoms with Gasteiger partial charge in [-0.25, -0.2) is 4.98 Å². The number of aromatic nitrogens is 1. The van der Waals surface area contributed by atoms with E-state index in [0.29, 0.717) is 5.82 Å². The van der Waals surface area contributed by atoms with Crippen molar-refractivity contribution in [2.75, 3.05) is 18.8 Å². The lowest BCUT2D eigenvalue weighted by Gasteiger charge is -2.32. The van der Waals surface area contributed by atoms with E-state index >= 15 is 0 Å². The monoisotopic (exact) mass is 281 g/mol. The maximum Gasteiger partial charge on any atom is 0.127 e. The summed E-state index contributed by atoms with van der Waals surface area (Å²) in [6.07, 6.45) is 5.51. The fourth-order valence-electron chi connectivity index (χ4n) is 3.12. The number of rotatable bonds is 4. The summed E-state index contributed by atoms with van der Waals surface area (Å²) in [5.41, 5.74) is 8.55. The molecule has 3 nitrogen and oxygen atoms in total. The van der Waals surface area contributed by atoms with Gasteiger partial charge in [0.25, 0.3) is 0 Å². The van der Waals surface area contributed by atoms with Crippen LogP contribution in [0, 0.1) is 5.92 Å². The Morgan fingerprint density at radius 2 is 1.81 bits per heavy atom. The maximum atomic E-state index is 5.93. The molecule has 0 saturated carbocycles. The highest BCUT2D eigenvalue weighted by Crippen LogP contribution is 2.23. The molecule has 1 aliphatic heterocycles. The van der Waals surface area contributed by atoms with Crippen molar-refractivity contribution in [1.29, 1.82) is 0 Å². The first-order chi connectivity index (χ1) is 10.3. The summed E-state index contributed by atoms with van der Waals surface area (Å²) in [5, 5.41) is 0. The van der Waals surface area contributed by atoms with Crippen molar-refractivity contribution < 1.29 is 0 Å². The summed E-state index contributed by atoms with van der Waals surface area (Å²) in [7, 11) is 0. The van der Waals surface area contributed by atoms with Crippen molar-refractivity contribution in [1.82, 2.24) is 9.88 Å². The predicted octanol–water partition coefficient (Wildman–Crippen LogP) is 3.12. The quantitative estimate of drug-likeness (QED) is 0.936. The Morgan fingerprint density at radius 3 is 2.52 bits per heavy atom. The molecule has 110 valence electrons. The number of nitrogen functional groups attached to an aromatic ring is 1. The SMILES string of the molecule is Nc1ncccc1CN1CCC(Cc2ccccc2)CC1. The zero-order chi connectivity index (χ0) is 14.5. The summed E-state index contributed by atoms with van der Waals surface area (Å²) in [5.74, 6) is 1.49. The van der Waals surface area contributed by atoms with Crippen molar-refractivity contribution >= 4 is 5.82 Å². The Kier molecular flexibility index (Phi) is 4.51. The molecule has 0 radical (unpaired) electrons. The van der Waals surface area contributed by atoms with Crippen LogP contribution >= 0.6 is 0 Å². The molecule has 0 amide bonds. The Morgan fingerprint density at radius 1 is 1.05 bits per heavy atom. The fourth-order valence-corrected chi connectivity index (χ4v) is 3.12. The van der Waals surface area contributed by atoms with E-state index in [2.05, 4.69) is 46.3 Å². The van der Waals surface area contributed by atoms with Gasteiger partial charge in [-0.05, 0) is 49.9 Å². The van der Waals surface area contributed by atoms with E-state index in [1.54, 1.807) is 6.20 Å². The number of benzene rings is 1. The first kappa shape index (κ1) is 14.1. The van der Waals surface area contributed by atoms with Crippen molar-refractivity contribution in [2.24, 2.45) is 5.92 Å². The van der Waals surface area contributed by atoms with Crippen molar-refractivity contribution in [3.63, 3.8) is 0 Å². The Bertz CT molecular complexity index is 560. The fraction of sp³-hybridized carbons (Fsp3) is 0.389. The molecule has 2 N–H and O–H groups in total. The molecule has 1 aromatic heterocycles. The average Bonchev–Trinajstić information content (AvgIpc) is 2.52. The van der Waals surface area contributed by atoms with Gasteiger partial charge in [-0.3, -0.25) is 4.90 Å². The van der Waals surface area contributed by atoms with E-state index in [1.807, 2.05) is 6.07 Å². The third-order valence-electron chi connectivity index (χ3n) is 4.39. The van der Waals surface area contributed by atoms with Crippen LogP contribution in [0.4, 0.5) is 5.82 Å². The summed E-state index contributed by atoms with van der Waals surface area (Å²) < 4.78 is 0. The number of nitrogens with zero attached hydrogens (tertiary/aromatic N) is 2. The zero-order valence-corrected chi connectivity index (χ0v) is 12.4. The highest BCUT2D eigenvalue weighted by atomic mass is 15.1. The minimum absolute atomic E-state index is 0.670.